The molecule has 3 fully saturated rings. The summed E-state index contributed by atoms with van der Waals surface area (Å²) in [5.41, 5.74) is 0.884. The average molecular weight is 138 g/mol. The molecule has 2 saturated carbocycles. The van der Waals surface area contributed by atoms with E-state index in [2.05, 4.69) is 13.8 Å². The number of hydrogen-bond acceptors (Lipinski definition) is 1. The summed E-state index contributed by atoms with van der Waals surface area (Å²) < 4.78 is 5.75. The van der Waals surface area contributed by atoms with Crippen molar-refractivity contribution in [3.63, 3.8) is 0 Å². The van der Waals surface area contributed by atoms with E-state index in [-0.39, 0.29) is 0 Å². The van der Waals surface area contributed by atoms with Crippen LogP contribution in [0.4, 0.5) is 0 Å². The van der Waals surface area contributed by atoms with Gasteiger partial charge in [0.15, 0.2) is 0 Å². The van der Waals surface area contributed by atoms with Crippen molar-refractivity contribution in [1.82, 2.24) is 0 Å². The molecular weight excluding hydrogens is 124 g/mol. The van der Waals surface area contributed by atoms with Gasteiger partial charge in [-0.25, -0.2) is 0 Å². The van der Waals surface area contributed by atoms with Gasteiger partial charge in [-0.2, -0.15) is 0 Å². The topological polar surface area (TPSA) is 12.5 Å². The van der Waals surface area contributed by atoms with Gasteiger partial charge in [-0.05, 0) is 30.6 Å². The van der Waals surface area contributed by atoms with E-state index in [1.54, 1.807) is 0 Å². The fourth-order valence-corrected chi connectivity index (χ4v) is 3.33. The molecular formula is C9H14O. The third-order valence-corrected chi connectivity index (χ3v) is 4.29. The predicted molar refractivity (Wildman–Crippen MR) is 38.7 cm³/mol. The summed E-state index contributed by atoms with van der Waals surface area (Å²) in [6.07, 6.45) is 4.78. The van der Waals surface area contributed by atoms with Gasteiger partial charge < -0.3 is 4.74 Å². The molecule has 10 heavy (non-hydrogen) atoms. The van der Waals surface area contributed by atoms with E-state index >= 15 is 0 Å². The van der Waals surface area contributed by atoms with Crippen LogP contribution in [0, 0.1) is 11.3 Å². The molecule has 3 unspecified atom stereocenters. The van der Waals surface area contributed by atoms with Crippen LogP contribution in [0.3, 0.4) is 0 Å². The highest BCUT2D eigenvalue weighted by Crippen LogP contribution is 2.71. The fourth-order valence-electron chi connectivity index (χ4n) is 3.33. The predicted octanol–water partition coefficient (Wildman–Crippen LogP) is 1.96. The first-order chi connectivity index (χ1) is 4.67. The molecule has 0 amide bonds. The summed E-state index contributed by atoms with van der Waals surface area (Å²) in [5, 5.41) is 0. The van der Waals surface area contributed by atoms with Crippen molar-refractivity contribution in [2.45, 2.75) is 44.8 Å². The van der Waals surface area contributed by atoms with Gasteiger partial charge in [0, 0.05) is 0 Å². The van der Waals surface area contributed by atoms with Crippen molar-refractivity contribution >= 4 is 0 Å². The molecule has 1 heteroatoms. The van der Waals surface area contributed by atoms with E-state index < -0.39 is 0 Å². The molecule has 1 saturated heterocycles. The first-order valence-corrected chi connectivity index (χ1v) is 4.35. The lowest BCUT2D eigenvalue weighted by Gasteiger charge is -2.25. The van der Waals surface area contributed by atoms with Gasteiger partial charge in [0.1, 0.15) is 5.60 Å². The highest BCUT2D eigenvalue weighted by Gasteiger charge is 2.75. The van der Waals surface area contributed by atoms with Gasteiger partial charge >= 0.3 is 0 Å². The summed E-state index contributed by atoms with van der Waals surface area (Å²) >= 11 is 0. The summed E-state index contributed by atoms with van der Waals surface area (Å²) in [6.45, 7) is 4.77. The second-order valence-electron chi connectivity index (χ2n) is 4.69. The standard InChI is InChI=1S/C9H14O/c1-8(2)6-3-4-9(8)7(5-6)10-9/h6-7H,3-5H2,1-2H3. The summed E-state index contributed by atoms with van der Waals surface area (Å²) in [7, 11) is 0. The molecule has 0 aromatic rings. The summed E-state index contributed by atoms with van der Waals surface area (Å²) in [5.74, 6) is 0.978. The number of fused-ring (bicyclic) bond motifs is 1. The third-order valence-electron chi connectivity index (χ3n) is 4.29. The van der Waals surface area contributed by atoms with E-state index in [0.717, 1.165) is 5.92 Å². The van der Waals surface area contributed by atoms with Crippen molar-refractivity contribution in [2.24, 2.45) is 11.3 Å². The van der Waals surface area contributed by atoms with E-state index in [1.165, 1.54) is 19.3 Å². The summed E-state index contributed by atoms with van der Waals surface area (Å²) in [6, 6.07) is 0. The minimum atomic E-state index is 0.373. The molecule has 3 rings (SSSR count). The number of hydrogen-bond donors (Lipinski definition) is 0. The van der Waals surface area contributed by atoms with Crippen LogP contribution in [-0.4, -0.2) is 11.7 Å². The van der Waals surface area contributed by atoms with Crippen LogP contribution in [0.1, 0.15) is 33.1 Å². The fraction of sp³-hybridized carbons (Fsp3) is 1.00. The molecule has 1 aliphatic heterocycles. The molecule has 1 spiro atoms. The average Bonchev–Trinajstić information content (AvgIpc) is 2.51. The zero-order valence-electron chi connectivity index (χ0n) is 6.68. The molecule has 3 atom stereocenters. The minimum absolute atomic E-state index is 0.373. The van der Waals surface area contributed by atoms with Crippen molar-refractivity contribution < 1.29 is 4.74 Å². The number of ether oxygens (including phenoxy) is 1. The molecule has 0 aromatic heterocycles. The van der Waals surface area contributed by atoms with Crippen molar-refractivity contribution in [2.75, 3.05) is 0 Å². The van der Waals surface area contributed by atoms with E-state index in [0.29, 0.717) is 17.1 Å². The van der Waals surface area contributed by atoms with Crippen LogP contribution >= 0.6 is 0 Å². The van der Waals surface area contributed by atoms with Gasteiger partial charge in [-0.1, -0.05) is 13.8 Å². The second kappa shape index (κ2) is 1.18. The van der Waals surface area contributed by atoms with Crippen molar-refractivity contribution in [1.29, 1.82) is 0 Å². The Morgan fingerprint density at radius 2 is 2.20 bits per heavy atom. The number of epoxide rings is 1. The van der Waals surface area contributed by atoms with Crippen LogP contribution in [0.25, 0.3) is 0 Å². The first kappa shape index (κ1) is 5.59. The molecule has 1 nitrogen and oxygen atoms in total. The van der Waals surface area contributed by atoms with Gasteiger partial charge in [-0.3, -0.25) is 0 Å². The van der Waals surface area contributed by atoms with Crippen molar-refractivity contribution in [3.8, 4) is 0 Å². The van der Waals surface area contributed by atoms with Crippen molar-refractivity contribution in [3.05, 3.63) is 0 Å². The van der Waals surface area contributed by atoms with Crippen LogP contribution in [0.5, 0.6) is 0 Å². The highest BCUT2D eigenvalue weighted by atomic mass is 16.6. The zero-order chi connectivity index (χ0) is 6.98. The van der Waals surface area contributed by atoms with E-state index in [9.17, 15) is 0 Å². The second-order valence-corrected chi connectivity index (χ2v) is 4.69. The first-order valence-electron chi connectivity index (χ1n) is 4.35. The van der Waals surface area contributed by atoms with Gasteiger partial charge in [0.2, 0.25) is 0 Å². The van der Waals surface area contributed by atoms with Crippen LogP contribution < -0.4 is 0 Å². The lowest BCUT2D eigenvalue weighted by Crippen LogP contribution is -2.27. The summed E-state index contributed by atoms with van der Waals surface area (Å²) in [4.78, 5) is 0. The molecule has 2 aliphatic carbocycles. The molecule has 0 N–H and O–H groups in total. The Hall–Kier alpha value is -0.0400. The molecule has 1 heterocycles. The van der Waals surface area contributed by atoms with E-state index in [1.807, 2.05) is 0 Å². The molecule has 0 radical (unpaired) electrons. The largest absolute Gasteiger partial charge is 0.365 e. The van der Waals surface area contributed by atoms with Crippen LogP contribution in [0.15, 0.2) is 0 Å². The Bertz CT molecular complexity index is 197. The smallest absolute Gasteiger partial charge is 0.100 e. The van der Waals surface area contributed by atoms with Crippen LogP contribution in [-0.2, 0) is 4.74 Å². The maximum Gasteiger partial charge on any atom is 0.100 e. The lowest BCUT2D eigenvalue weighted by atomic mass is 9.81. The number of rotatable bonds is 0. The molecule has 0 aromatic carbocycles. The van der Waals surface area contributed by atoms with E-state index in [4.69, 9.17) is 4.74 Å². The molecule has 3 aliphatic rings. The maximum absolute atomic E-state index is 5.75. The highest BCUT2D eigenvalue weighted by molar-refractivity contribution is 5.23. The third kappa shape index (κ3) is 0.334. The Morgan fingerprint density at radius 1 is 1.40 bits per heavy atom. The molecule has 2 bridgehead atoms. The Kier molecular flexibility index (Phi) is 0.658. The zero-order valence-corrected chi connectivity index (χ0v) is 6.68. The van der Waals surface area contributed by atoms with Gasteiger partial charge in [0.05, 0.1) is 6.10 Å². The molecule has 56 valence electrons. The maximum atomic E-state index is 5.75. The SMILES string of the molecule is CC1(C)C2CCC13OC3C2. The Morgan fingerprint density at radius 3 is 2.50 bits per heavy atom. The Balaban J connectivity index is 2.12. The normalized spacial score (nSPS) is 60.6. The quantitative estimate of drug-likeness (QED) is 0.466. The van der Waals surface area contributed by atoms with Gasteiger partial charge in [-0.15, -0.1) is 0 Å². The minimum Gasteiger partial charge on any atom is -0.365 e. The monoisotopic (exact) mass is 138 g/mol. The Labute approximate surface area is 61.8 Å². The van der Waals surface area contributed by atoms with Gasteiger partial charge in [0.25, 0.3) is 0 Å². The lowest BCUT2D eigenvalue weighted by molar-refractivity contribution is 0.117. The van der Waals surface area contributed by atoms with Crippen LogP contribution in [0.2, 0.25) is 0 Å².